The molecule has 0 heterocycles. The Labute approximate surface area is 131 Å². The molecule has 0 bridgehead atoms. The quantitative estimate of drug-likeness (QED) is 0.646. The van der Waals surface area contributed by atoms with Crippen molar-refractivity contribution in [3.8, 4) is 6.07 Å². The summed E-state index contributed by atoms with van der Waals surface area (Å²) >= 11 is 0. The fraction of sp³-hybridized carbons (Fsp3) is 0.944. The summed E-state index contributed by atoms with van der Waals surface area (Å²) in [6.07, 6.45) is 8.31. The minimum atomic E-state index is -0.370. The molecule has 3 heteroatoms. The summed E-state index contributed by atoms with van der Waals surface area (Å²) < 4.78 is 6.03. The van der Waals surface area contributed by atoms with Gasteiger partial charge in [-0.05, 0) is 70.3 Å². The molecule has 0 aliphatic heterocycles. The van der Waals surface area contributed by atoms with Gasteiger partial charge >= 0.3 is 0 Å². The summed E-state index contributed by atoms with van der Waals surface area (Å²) in [6.45, 7) is 10.6. The van der Waals surface area contributed by atoms with Gasteiger partial charge in [-0.3, -0.25) is 5.32 Å². The Bertz CT molecular complexity index is 326. The van der Waals surface area contributed by atoms with Crippen molar-refractivity contribution in [1.29, 1.82) is 5.26 Å². The van der Waals surface area contributed by atoms with Crippen LogP contribution in [0.25, 0.3) is 0 Å². The molecule has 0 aromatic heterocycles. The summed E-state index contributed by atoms with van der Waals surface area (Å²) in [6, 6.07) is 2.41. The molecule has 0 amide bonds. The highest BCUT2D eigenvalue weighted by Crippen LogP contribution is 2.31. The summed E-state index contributed by atoms with van der Waals surface area (Å²) in [5.41, 5.74) is -0.370. The first-order valence-corrected chi connectivity index (χ1v) is 8.78. The van der Waals surface area contributed by atoms with Crippen LogP contribution in [0.3, 0.4) is 0 Å². The van der Waals surface area contributed by atoms with Crippen molar-refractivity contribution < 1.29 is 4.74 Å². The lowest BCUT2D eigenvalue weighted by molar-refractivity contribution is 0.000739. The number of ether oxygens (including phenoxy) is 1. The molecule has 0 radical (unpaired) electrons. The third-order valence-electron chi connectivity index (χ3n) is 4.99. The first-order valence-electron chi connectivity index (χ1n) is 8.78. The predicted octanol–water partition coefficient (Wildman–Crippen LogP) is 4.28. The van der Waals surface area contributed by atoms with Crippen LogP contribution in [0.15, 0.2) is 0 Å². The highest BCUT2D eigenvalue weighted by Gasteiger charge is 2.25. The van der Waals surface area contributed by atoms with Crippen molar-refractivity contribution in [3.05, 3.63) is 0 Å². The molecule has 3 nitrogen and oxygen atoms in total. The van der Waals surface area contributed by atoms with E-state index in [1.807, 2.05) is 6.92 Å². The first-order chi connectivity index (χ1) is 10.0. The van der Waals surface area contributed by atoms with E-state index in [9.17, 15) is 5.26 Å². The highest BCUT2D eigenvalue weighted by atomic mass is 16.5. The van der Waals surface area contributed by atoms with Crippen LogP contribution in [0.1, 0.15) is 72.6 Å². The second-order valence-electron chi connectivity index (χ2n) is 7.09. The van der Waals surface area contributed by atoms with E-state index in [0.29, 0.717) is 6.10 Å². The zero-order chi connectivity index (χ0) is 15.7. The maximum atomic E-state index is 9.28. The molecular weight excluding hydrogens is 260 g/mol. The number of nitrogens with one attached hydrogen (secondary N) is 1. The molecule has 1 saturated carbocycles. The zero-order valence-corrected chi connectivity index (χ0v) is 14.5. The number of nitriles is 1. The van der Waals surface area contributed by atoms with Crippen molar-refractivity contribution in [2.75, 3.05) is 13.2 Å². The van der Waals surface area contributed by atoms with Crippen LogP contribution in [0.5, 0.6) is 0 Å². The lowest BCUT2D eigenvalue weighted by atomic mass is 9.80. The molecule has 1 fully saturated rings. The average Bonchev–Trinajstić information content (AvgIpc) is 2.48. The number of unbranched alkanes of at least 4 members (excludes halogenated alkanes) is 1. The Morgan fingerprint density at radius 3 is 2.62 bits per heavy atom. The average molecular weight is 294 g/mol. The van der Waals surface area contributed by atoms with Crippen molar-refractivity contribution in [2.24, 2.45) is 11.8 Å². The topological polar surface area (TPSA) is 45.0 Å². The van der Waals surface area contributed by atoms with Crippen LogP contribution < -0.4 is 5.32 Å². The smallest absolute Gasteiger partial charge is 0.103 e. The molecule has 1 rings (SSSR count). The molecular formula is C18H34N2O. The molecule has 4 unspecified atom stereocenters. The van der Waals surface area contributed by atoms with Crippen LogP contribution >= 0.6 is 0 Å². The predicted molar refractivity (Wildman–Crippen MR) is 88.1 cm³/mol. The maximum Gasteiger partial charge on any atom is 0.103 e. The summed E-state index contributed by atoms with van der Waals surface area (Å²) in [4.78, 5) is 0. The molecule has 0 spiro atoms. The van der Waals surface area contributed by atoms with Crippen molar-refractivity contribution >= 4 is 0 Å². The van der Waals surface area contributed by atoms with Gasteiger partial charge < -0.3 is 4.74 Å². The number of hydrogen-bond acceptors (Lipinski definition) is 3. The Morgan fingerprint density at radius 1 is 1.24 bits per heavy atom. The van der Waals surface area contributed by atoms with Gasteiger partial charge in [0, 0.05) is 6.61 Å². The Balaban J connectivity index is 2.12. The highest BCUT2D eigenvalue weighted by molar-refractivity contribution is 5.03. The summed E-state index contributed by atoms with van der Waals surface area (Å²) in [5, 5.41) is 12.6. The van der Waals surface area contributed by atoms with Gasteiger partial charge in [0.25, 0.3) is 0 Å². The van der Waals surface area contributed by atoms with Crippen LogP contribution in [-0.4, -0.2) is 24.8 Å². The van der Waals surface area contributed by atoms with E-state index < -0.39 is 0 Å². The Morgan fingerprint density at radius 2 is 2.00 bits per heavy atom. The van der Waals surface area contributed by atoms with Crippen molar-refractivity contribution in [2.45, 2.75) is 84.3 Å². The summed E-state index contributed by atoms with van der Waals surface area (Å²) in [5.74, 6) is 1.65. The standard InChI is InChI=1S/C18H34N2O/c1-5-11-20-18(4,14-19)10-6-7-12-21-17-9-8-15(2)16(3)13-17/h15-17,20H,5-13H2,1-4H3. The fourth-order valence-electron chi connectivity index (χ4n) is 3.06. The van der Waals surface area contributed by atoms with Gasteiger partial charge in [-0.25, -0.2) is 0 Å². The van der Waals surface area contributed by atoms with E-state index >= 15 is 0 Å². The first kappa shape index (κ1) is 18.5. The van der Waals surface area contributed by atoms with Gasteiger partial charge in [-0.15, -0.1) is 0 Å². The lowest BCUT2D eigenvalue weighted by Gasteiger charge is -2.32. The van der Waals surface area contributed by atoms with Gasteiger partial charge in [-0.2, -0.15) is 5.26 Å². The minimum absolute atomic E-state index is 0.370. The molecule has 0 saturated heterocycles. The molecule has 1 N–H and O–H groups in total. The van der Waals surface area contributed by atoms with Gasteiger partial charge in [0.05, 0.1) is 12.2 Å². The van der Waals surface area contributed by atoms with E-state index in [4.69, 9.17) is 4.74 Å². The van der Waals surface area contributed by atoms with Gasteiger partial charge in [0.15, 0.2) is 0 Å². The normalized spacial score (nSPS) is 28.8. The molecule has 21 heavy (non-hydrogen) atoms. The molecule has 0 aromatic carbocycles. The minimum Gasteiger partial charge on any atom is -0.378 e. The van der Waals surface area contributed by atoms with E-state index in [1.54, 1.807) is 0 Å². The van der Waals surface area contributed by atoms with E-state index in [1.165, 1.54) is 19.3 Å². The van der Waals surface area contributed by atoms with Crippen LogP contribution in [-0.2, 0) is 4.74 Å². The number of nitrogens with zero attached hydrogens (tertiary/aromatic N) is 1. The Kier molecular flexibility index (Phi) is 8.29. The van der Waals surface area contributed by atoms with Gasteiger partial charge in [-0.1, -0.05) is 20.8 Å². The van der Waals surface area contributed by atoms with Crippen molar-refractivity contribution in [1.82, 2.24) is 5.32 Å². The van der Waals surface area contributed by atoms with Crippen LogP contribution in [0.4, 0.5) is 0 Å². The second kappa shape index (κ2) is 9.43. The maximum absolute atomic E-state index is 9.28. The summed E-state index contributed by atoms with van der Waals surface area (Å²) in [7, 11) is 0. The van der Waals surface area contributed by atoms with Gasteiger partial charge in [0.2, 0.25) is 0 Å². The SMILES string of the molecule is CCCNC(C)(C#N)CCCCOC1CCC(C)C(C)C1. The van der Waals surface area contributed by atoms with E-state index in [0.717, 1.165) is 50.7 Å². The monoisotopic (exact) mass is 294 g/mol. The van der Waals surface area contributed by atoms with E-state index in [-0.39, 0.29) is 5.54 Å². The van der Waals surface area contributed by atoms with E-state index in [2.05, 4.69) is 32.2 Å². The third-order valence-corrected chi connectivity index (χ3v) is 4.99. The van der Waals surface area contributed by atoms with Crippen LogP contribution in [0, 0.1) is 23.2 Å². The Hall–Kier alpha value is -0.590. The molecule has 122 valence electrons. The van der Waals surface area contributed by atoms with Gasteiger partial charge in [0.1, 0.15) is 5.54 Å². The zero-order valence-electron chi connectivity index (χ0n) is 14.5. The molecule has 0 aromatic rings. The fourth-order valence-corrected chi connectivity index (χ4v) is 3.06. The third kappa shape index (κ3) is 6.80. The molecule has 1 aliphatic rings. The lowest BCUT2D eigenvalue weighted by Crippen LogP contribution is -2.41. The van der Waals surface area contributed by atoms with Crippen LogP contribution in [0.2, 0.25) is 0 Å². The molecule has 1 aliphatic carbocycles. The second-order valence-corrected chi connectivity index (χ2v) is 7.09. The number of hydrogen-bond donors (Lipinski definition) is 1. The largest absolute Gasteiger partial charge is 0.378 e. The molecule has 4 atom stereocenters. The number of rotatable bonds is 9. The van der Waals surface area contributed by atoms with Crippen molar-refractivity contribution in [3.63, 3.8) is 0 Å².